The van der Waals surface area contributed by atoms with E-state index < -0.39 is 17.6 Å². The Balaban J connectivity index is 1.74. The SMILES string of the molecule is CCc1ccc(N(C(C)=O)c2nc(COC(=O)c3cc(F)c(F)cc3Cl)cs2)cc1. The molecule has 0 spiro atoms. The second-order valence-electron chi connectivity index (χ2n) is 6.32. The quantitative estimate of drug-likeness (QED) is 0.358. The van der Waals surface area contributed by atoms with E-state index in [4.69, 9.17) is 16.3 Å². The number of nitrogens with zero attached hydrogens (tertiary/aromatic N) is 2. The Morgan fingerprint density at radius 2 is 1.83 bits per heavy atom. The van der Waals surface area contributed by atoms with Crippen LogP contribution in [0.3, 0.4) is 0 Å². The van der Waals surface area contributed by atoms with Gasteiger partial charge in [-0.2, -0.15) is 0 Å². The van der Waals surface area contributed by atoms with Crippen molar-refractivity contribution in [1.82, 2.24) is 4.98 Å². The van der Waals surface area contributed by atoms with E-state index in [1.807, 2.05) is 31.2 Å². The van der Waals surface area contributed by atoms with E-state index in [-0.39, 0.29) is 23.1 Å². The molecule has 3 aromatic rings. The molecule has 0 saturated carbocycles. The summed E-state index contributed by atoms with van der Waals surface area (Å²) in [5.74, 6) is -3.48. The van der Waals surface area contributed by atoms with Crippen molar-refractivity contribution in [3.05, 3.63) is 75.3 Å². The Labute approximate surface area is 180 Å². The van der Waals surface area contributed by atoms with Crippen LogP contribution in [0.2, 0.25) is 5.02 Å². The summed E-state index contributed by atoms with van der Waals surface area (Å²) in [6, 6.07) is 8.95. The number of amides is 1. The number of esters is 1. The van der Waals surface area contributed by atoms with E-state index in [1.54, 1.807) is 5.38 Å². The molecule has 0 bridgehead atoms. The normalized spacial score (nSPS) is 10.7. The van der Waals surface area contributed by atoms with Crippen molar-refractivity contribution in [2.45, 2.75) is 26.9 Å². The van der Waals surface area contributed by atoms with Crippen LogP contribution < -0.4 is 4.90 Å². The fourth-order valence-electron chi connectivity index (χ4n) is 2.67. The average molecular weight is 451 g/mol. The van der Waals surface area contributed by atoms with E-state index in [0.717, 1.165) is 12.0 Å². The molecule has 3 rings (SSSR count). The van der Waals surface area contributed by atoms with Crippen LogP contribution in [0.15, 0.2) is 41.8 Å². The van der Waals surface area contributed by atoms with Gasteiger partial charge in [-0.3, -0.25) is 9.69 Å². The fourth-order valence-corrected chi connectivity index (χ4v) is 3.77. The number of ether oxygens (including phenoxy) is 1. The minimum Gasteiger partial charge on any atom is -0.456 e. The molecule has 1 amide bonds. The van der Waals surface area contributed by atoms with Crippen molar-refractivity contribution in [3.63, 3.8) is 0 Å². The Morgan fingerprint density at radius 3 is 2.47 bits per heavy atom. The summed E-state index contributed by atoms with van der Waals surface area (Å²) in [6.45, 7) is 3.25. The first-order valence-corrected chi connectivity index (χ1v) is 10.2. The summed E-state index contributed by atoms with van der Waals surface area (Å²) >= 11 is 7.00. The van der Waals surface area contributed by atoms with Crippen LogP contribution in [0.5, 0.6) is 0 Å². The lowest BCUT2D eigenvalue weighted by atomic mass is 10.1. The molecular formula is C21H17ClF2N2O3S. The van der Waals surface area contributed by atoms with Crippen LogP contribution in [0.25, 0.3) is 0 Å². The number of hydrogen-bond acceptors (Lipinski definition) is 5. The maximum absolute atomic E-state index is 13.4. The molecule has 0 N–H and O–H groups in total. The Morgan fingerprint density at radius 1 is 1.17 bits per heavy atom. The highest BCUT2D eigenvalue weighted by Crippen LogP contribution is 2.29. The first-order chi connectivity index (χ1) is 14.3. The minimum absolute atomic E-state index is 0.217. The topological polar surface area (TPSA) is 59.5 Å². The predicted octanol–water partition coefficient (Wildman–Crippen LogP) is 5.68. The molecular weight excluding hydrogens is 434 g/mol. The molecule has 1 aromatic heterocycles. The van der Waals surface area contributed by atoms with Gasteiger partial charge in [0.15, 0.2) is 16.8 Å². The molecule has 1 heterocycles. The van der Waals surface area contributed by atoms with Crippen molar-refractivity contribution in [2.24, 2.45) is 0 Å². The summed E-state index contributed by atoms with van der Waals surface area (Å²) < 4.78 is 31.6. The predicted molar refractivity (Wildman–Crippen MR) is 111 cm³/mol. The molecule has 2 aromatic carbocycles. The third-order valence-electron chi connectivity index (χ3n) is 4.23. The molecule has 0 aliphatic carbocycles. The monoisotopic (exact) mass is 450 g/mol. The van der Waals surface area contributed by atoms with Crippen molar-refractivity contribution >= 4 is 45.6 Å². The summed E-state index contributed by atoms with van der Waals surface area (Å²) in [6.07, 6.45) is 0.884. The van der Waals surface area contributed by atoms with Crippen LogP contribution in [-0.2, 0) is 22.6 Å². The van der Waals surface area contributed by atoms with Gasteiger partial charge in [0, 0.05) is 12.3 Å². The van der Waals surface area contributed by atoms with Gasteiger partial charge >= 0.3 is 5.97 Å². The molecule has 0 unspecified atom stereocenters. The molecule has 0 radical (unpaired) electrons. The van der Waals surface area contributed by atoms with Gasteiger partial charge in [-0.25, -0.2) is 18.6 Å². The first kappa shape index (κ1) is 21.9. The van der Waals surface area contributed by atoms with Gasteiger partial charge < -0.3 is 4.74 Å². The van der Waals surface area contributed by atoms with Crippen LogP contribution >= 0.6 is 22.9 Å². The molecule has 5 nitrogen and oxygen atoms in total. The lowest BCUT2D eigenvalue weighted by molar-refractivity contribution is -0.115. The van der Waals surface area contributed by atoms with Crippen LogP contribution in [0, 0.1) is 11.6 Å². The molecule has 0 aliphatic rings. The second kappa shape index (κ2) is 9.32. The van der Waals surface area contributed by atoms with Gasteiger partial charge in [0.05, 0.1) is 22.0 Å². The summed E-state index contributed by atoms with van der Waals surface area (Å²) in [5.41, 5.74) is 1.93. The van der Waals surface area contributed by atoms with Gasteiger partial charge in [0.1, 0.15) is 6.61 Å². The Hall–Kier alpha value is -2.84. The van der Waals surface area contributed by atoms with E-state index in [2.05, 4.69) is 4.98 Å². The average Bonchev–Trinajstić information content (AvgIpc) is 3.17. The van der Waals surface area contributed by atoms with Crippen LogP contribution in [-0.4, -0.2) is 16.9 Å². The number of carbonyl (C=O) groups excluding carboxylic acids is 2. The zero-order valence-electron chi connectivity index (χ0n) is 16.1. The number of halogens is 3. The summed E-state index contributed by atoms with van der Waals surface area (Å²) in [5, 5.41) is 1.81. The third-order valence-corrected chi connectivity index (χ3v) is 5.42. The first-order valence-electron chi connectivity index (χ1n) is 8.95. The van der Waals surface area contributed by atoms with Gasteiger partial charge in [0.2, 0.25) is 5.91 Å². The van der Waals surface area contributed by atoms with Crippen LogP contribution in [0.4, 0.5) is 19.6 Å². The highest BCUT2D eigenvalue weighted by atomic mass is 35.5. The molecule has 30 heavy (non-hydrogen) atoms. The number of hydrogen-bond donors (Lipinski definition) is 0. The number of rotatable bonds is 6. The van der Waals surface area contributed by atoms with Gasteiger partial charge in [-0.15, -0.1) is 11.3 Å². The number of benzene rings is 2. The molecule has 156 valence electrons. The zero-order chi connectivity index (χ0) is 21.8. The van der Waals surface area contributed by atoms with Crippen molar-refractivity contribution in [1.29, 1.82) is 0 Å². The Bertz CT molecular complexity index is 1090. The summed E-state index contributed by atoms with van der Waals surface area (Å²) in [4.78, 5) is 30.1. The number of thiazole rings is 1. The third kappa shape index (κ3) is 4.83. The molecule has 9 heteroatoms. The lowest BCUT2D eigenvalue weighted by Crippen LogP contribution is -2.22. The van der Waals surface area contributed by atoms with Gasteiger partial charge in [-0.1, -0.05) is 30.7 Å². The van der Waals surface area contributed by atoms with E-state index in [0.29, 0.717) is 28.6 Å². The van der Waals surface area contributed by atoms with Crippen LogP contribution in [0.1, 0.15) is 35.5 Å². The molecule has 0 atom stereocenters. The van der Waals surface area contributed by atoms with Crippen molar-refractivity contribution < 1.29 is 23.1 Å². The zero-order valence-corrected chi connectivity index (χ0v) is 17.7. The minimum atomic E-state index is -1.20. The maximum Gasteiger partial charge on any atom is 0.340 e. The van der Waals surface area contributed by atoms with E-state index in [1.165, 1.54) is 23.2 Å². The number of carbonyl (C=O) groups is 2. The lowest BCUT2D eigenvalue weighted by Gasteiger charge is -2.18. The smallest absolute Gasteiger partial charge is 0.340 e. The van der Waals surface area contributed by atoms with Crippen molar-refractivity contribution in [3.8, 4) is 0 Å². The molecule has 0 saturated heterocycles. The van der Waals surface area contributed by atoms with Crippen molar-refractivity contribution in [2.75, 3.05) is 4.90 Å². The highest BCUT2D eigenvalue weighted by molar-refractivity contribution is 7.14. The second-order valence-corrected chi connectivity index (χ2v) is 7.56. The number of anilines is 2. The number of aromatic nitrogens is 1. The maximum atomic E-state index is 13.4. The van der Waals surface area contributed by atoms with Gasteiger partial charge in [-0.05, 0) is 36.2 Å². The molecule has 0 aliphatic heterocycles. The van der Waals surface area contributed by atoms with E-state index >= 15 is 0 Å². The number of aryl methyl sites for hydroxylation is 1. The van der Waals surface area contributed by atoms with Gasteiger partial charge in [0.25, 0.3) is 0 Å². The molecule has 0 fully saturated rings. The largest absolute Gasteiger partial charge is 0.456 e. The highest BCUT2D eigenvalue weighted by Gasteiger charge is 2.20. The van der Waals surface area contributed by atoms with E-state index in [9.17, 15) is 18.4 Å². The standard InChI is InChI=1S/C21H17ClF2N2O3S/c1-3-13-4-6-15(7-5-13)26(12(2)27)21-25-14(11-30-21)10-29-20(28)16-8-18(23)19(24)9-17(16)22/h4-9,11H,3,10H2,1-2H3. The Kier molecular flexibility index (Phi) is 6.79. The fraction of sp³-hybridized carbons (Fsp3) is 0.190. The summed E-state index contributed by atoms with van der Waals surface area (Å²) in [7, 11) is 0.